The van der Waals surface area contributed by atoms with Crippen molar-refractivity contribution in [2.24, 2.45) is 0 Å². The van der Waals surface area contributed by atoms with Gasteiger partial charge in [0.15, 0.2) is 0 Å². The molecule has 0 radical (unpaired) electrons. The summed E-state index contributed by atoms with van der Waals surface area (Å²) in [4.78, 5) is 28.5. The summed E-state index contributed by atoms with van der Waals surface area (Å²) in [5, 5.41) is 5.36. The van der Waals surface area contributed by atoms with E-state index in [0.29, 0.717) is 19.0 Å². The van der Waals surface area contributed by atoms with E-state index in [1.807, 2.05) is 35.8 Å². The molecule has 0 saturated heterocycles. The fraction of sp³-hybridized carbons (Fsp3) is 0.286. The highest BCUT2D eigenvalue weighted by Crippen LogP contribution is 2.15. The van der Waals surface area contributed by atoms with Gasteiger partial charge in [0, 0.05) is 25.6 Å². The Balaban J connectivity index is 1.44. The summed E-state index contributed by atoms with van der Waals surface area (Å²) in [5.41, 5.74) is 1.68. The SMILES string of the molecule is CCn1c(CNC(=O)CCCNC(=O)c2ccc(F)cc2F)nc2ccccc21. The lowest BCUT2D eigenvalue weighted by Crippen LogP contribution is -2.28. The molecule has 0 aliphatic heterocycles. The van der Waals surface area contributed by atoms with E-state index in [1.165, 1.54) is 0 Å². The number of imidazole rings is 1. The zero-order valence-electron chi connectivity index (χ0n) is 16.0. The molecule has 6 nitrogen and oxygen atoms in total. The van der Waals surface area contributed by atoms with Gasteiger partial charge >= 0.3 is 0 Å². The number of carbonyl (C=O) groups is 2. The molecule has 1 aromatic heterocycles. The Kier molecular flexibility index (Phi) is 6.54. The molecule has 3 aromatic rings. The Bertz CT molecular complexity index is 1030. The minimum absolute atomic E-state index is 0.165. The number of hydrogen-bond acceptors (Lipinski definition) is 3. The molecule has 0 aliphatic carbocycles. The number of rotatable bonds is 8. The molecule has 29 heavy (non-hydrogen) atoms. The number of nitrogens with one attached hydrogen (secondary N) is 2. The Morgan fingerprint density at radius 2 is 1.90 bits per heavy atom. The van der Waals surface area contributed by atoms with E-state index in [4.69, 9.17) is 0 Å². The first kappa shape index (κ1) is 20.4. The molecule has 0 spiro atoms. The van der Waals surface area contributed by atoms with E-state index in [-0.39, 0.29) is 24.4 Å². The topological polar surface area (TPSA) is 76.0 Å². The molecule has 0 aliphatic rings. The van der Waals surface area contributed by atoms with Crippen LogP contribution in [0.15, 0.2) is 42.5 Å². The van der Waals surface area contributed by atoms with Crippen molar-refractivity contribution >= 4 is 22.8 Å². The zero-order valence-corrected chi connectivity index (χ0v) is 16.0. The first-order valence-corrected chi connectivity index (χ1v) is 9.43. The van der Waals surface area contributed by atoms with Crippen molar-refractivity contribution in [3.8, 4) is 0 Å². The average Bonchev–Trinajstić information content (AvgIpc) is 3.07. The van der Waals surface area contributed by atoms with Crippen molar-refractivity contribution in [2.45, 2.75) is 32.9 Å². The minimum atomic E-state index is -0.918. The molecule has 1 heterocycles. The summed E-state index contributed by atoms with van der Waals surface area (Å²) in [6, 6.07) is 10.6. The van der Waals surface area contributed by atoms with Crippen molar-refractivity contribution < 1.29 is 18.4 Å². The number of para-hydroxylation sites is 2. The van der Waals surface area contributed by atoms with Gasteiger partial charge in [0.2, 0.25) is 5.91 Å². The number of amides is 2. The molecule has 0 atom stereocenters. The van der Waals surface area contributed by atoms with E-state index in [2.05, 4.69) is 15.6 Å². The van der Waals surface area contributed by atoms with Crippen LogP contribution in [-0.2, 0) is 17.9 Å². The zero-order chi connectivity index (χ0) is 20.8. The van der Waals surface area contributed by atoms with Crippen LogP contribution >= 0.6 is 0 Å². The number of halogens is 2. The summed E-state index contributed by atoms with van der Waals surface area (Å²) in [6.07, 6.45) is 0.600. The van der Waals surface area contributed by atoms with Crippen molar-refractivity contribution in [1.29, 1.82) is 0 Å². The molecule has 152 valence electrons. The Morgan fingerprint density at radius 3 is 2.66 bits per heavy atom. The van der Waals surface area contributed by atoms with Crippen LogP contribution in [0, 0.1) is 11.6 Å². The fourth-order valence-corrected chi connectivity index (χ4v) is 3.10. The van der Waals surface area contributed by atoms with Gasteiger partial charge in [0.05, 0.1) is 23.1 Å². The van der Waals surface area contributed by atoms with Gasteiger partial charge in [-0.15, -0.1) is 0 Å². The molecule has 3 rings (SSSR count). The second-order valence-electron chi connectivity index (χ2n) is 6.52. The molecule has 2 aromatic carbocycles. The predicted octanol–water partition coefficient (Wildman–Crippen LogP) is 3.16. The molecule has 2 amide bonds. The highest BCUT2D eigenvalue weighted by Gasteiger charge is 2.13. The van der Waals surface area contributed by atoms with E-state index in [0.717, 1.165) is 35.5 Å². The Morgan fingerprint density at radius 1 is 1.10 bits per heavy atom. The number of aromatic nitrogens is 2. The highest BCUT2D eigenvalue weighted by molar-refractivity contribution is 5.94. The van der Waals surface area contributed by atoms with Gasteiger partial charge in [-0.05, 0) is 37.6 Å². The van der Waals surface area contributed by atoms with E-state index in [1.54, 1.807) is 0 Å². The largest absolute Gasteiger partial charge is 0.352 e. The maximum atomic E-state index is 13.6. The van der Waals surface area contributed by atoms with Gasteiger partial charge in [0.1, 0.15) is 17.5 Å². The number of aryl methyl sites for hydroxylation is 1. The number of nitrogens with zero attached hydrogens (tertiary/aromatic N) is 2. The van der Waals surface area contributed by atoms with Gasteiger partial charge in [-0.3, -0.25) is 9.59 Å². The fourth-order valence-electron chi connectivity index (χ4n) is 3.10. The molecule has 0 bridgehead atoms. The van der Waals surface area contributed by atoms with Gasteiger partial charge in [-0.25, -0.2) is 13.8 Å². The Hall–Kier alpha value is -3.29. The van der Waals surface area contributed by atoms with Gasteiger partial charge in [-0.1, -0.05) is 12.1 Å². The van der Waals surface area contributed by atoms with Crippen LogP contribution in [0.4, 0.5) is 8.78 Å². The smallest absolute Gasteiger partial charge is 0.254 e. The van der Waals surface area contributed by atoms with Crippen molar-refractivity contribution in [3.05, 3.63) is 65.5 Å². The van der Waals surface area contributed by atoms with Crippen LogP contribution in [0.2, 0.25) is 0 Å². The van der Waals surface area contributed by atoms with Gasteiger partial charge in [-0.2, -0.15) is 0 Å². The molecule has 0 unspecified atom stereocenters. The van der Waals surface area contributed by atoms with E-state index >= 15 is 0 Å². The normalized spacial score (nSPS) is 10.9. The number of hydrogen-bond donors (Lipinski definition) is 2. The van der Waals surface area contributed by atoms with Gasteiger partial charge in [0.25, 0.3) is 5.91 Å². The monoisotopic (exact) mass is 400 g/mol. The molecular weight excluding hydrogens is 378 g/mol. The highest BCUT2D eigenvalue weighted by atomic mass is 19.1. The van der Waals surface area contributed by atoms with Crippen LogP contribution in [0.5, 0.6) is 0 Å². The molecule has 0 fully saturated rings. The number of benzene rings is 2. The lowest BCUT2D eigenvalue weighted by Gasteiger charge is -2.08. The van der Waals surface area contributed by atoms with E-state index < -0.39 is 17.5 Å². The summed E-state index contributed by atoms with van der Waals surface area (Å²) in [5.74, 6) is -1.69. The number of carbonyl (C=O) groups excluding carboxylic acids is 2. The molecule has 2 N–H and O–H groups in total. The summed E-state index contributed by atoms with van der Waals surface area (Å²) in [6.45, 7) is 3.29. The molecule has 0 saturated carbocycles. The second-order valence-corrected chi connectivity index (χ2v) is 6.52. The van der Waals surface area contributed by atoms with Crippen molar-refractivity contribution in [1.82, 2.24) is 20.2 Å². The minimum Gasteiger partial charge on any atom is -0.352 e. The van der Waals surface area contributed by atoms with Crippen LogP contribution < -0.4 is 10.6 Å². The molecule has 8 heteroatoms. The average molecular weight is 400 g/mol. The first-order chi connectivity index (χ1) is 14.0. The lowest BCUT2D eigenvalue weighted by molar-refractivity contribution is -0.121. The maximum absolute atomic E-state index is 13.6. The quantitative estimate of drug-likeness (QED) is 0.571. The van der Waals surface area contributed by atoms with Crippen LogP contribution in [0.25, 0.3) is 11.0 Å². The summed E-state index contributed by atoms with van der Waals surface area (Å²) >= 11 is 0. The third-order valence-electron chi connectivity index (χ3n) is 4.54. The third-order valence-corrected chi connectivity index (χ3v) is 4.54. The third kappa shape index (κ3) is 4.96. The van der Waals surface area contributed by atoms with Crippen LogP contribution in [0.1, 0.15) is 35.9 Å². The lowest BCUT2D eigenvalue weighted by atomic mass is 10.2. The van der Waals surface area contributed by atoms with Gasteiger partial charge < -0.3 is 15.2 Å². The number of fused-ring (bicyclic) bond motifs is 1. The van der Waals surface area contributed by atoms with Crippen molar-refractivity contribution in [2.75, 3.05) is 6.54 Å². The standard InChI is InChI=1S/C21H22F2N4O2/c1-2-27-18-7-4-3-6-17(18)26-19(27)13-25-20(28)8-5-11-24-21(29)15-10-9-14(22)12-16(15)23/h3-4,6-7,9-10,12H,2,5,8,11,13H2,1H3,(H,24,29)(H,25,28). The summed E-state index contributed by atoms with van der Waals surface area (Å²) < 4.78 is 28.5. The Labute approximate surface area is 166 Å². The first-order valence-electron chi connectivity index (χ1n) is 9.43. The van der Waals surface area contributed by atoms with Crippen LogP contribution in [-0.4, -0.2) is 27.9 Å². The predicted molar refractivity (Wildman–Crippen MR) is 105 cm³/mol. The second kappa shape index (κ2) is 9.27. The summed E-state index contributed by atoms with van der Waals surface area (Å²) in [7, 11) is 0. The van der Waals surface area contributed by atoms with Crippen LogP contribution in [0.3, 0.4) is 0 Å². The maximum Gasteiger partial charge on any atom is 0.254 e. The van der Waals surface area contributed by atoms with E-state index in [9.17, 15) is 18.4 Å². The van der Waals surface area contributed by atoms with Crippen molar-refractivity contribution in [3.63, 3.8) is 0 Å². The molecular formula is C21H22F2N4O2.